The van der Waals surface area contributed by atoms with Crippen LogP contribution < -0.4 is 4.72 Å². The molecule has 0 bridgehead atoms. The third kappa shape index (κ3) is 2.34. The first kappa shape index (κ1) is 11.7. The molecule has 0 saturated carbocycles. The van der Waals surface area contributed by atoms with Gasteiger partial charge >= 0.3 is 0 Å². The van der Waals surface area contributed by atoms with Crippen molar-refractivity contribution in [1.82, 2.24) is 14.8 Å². The summed E-state index contributed by atoms with van der Waals surface area (Å²) in [6.45, 7) is 5.88. The van der Waals surface area contributed by atoms with Crippen LogP contribution in [0.4, 0.5) is 5.82 Å². The van der Waals surface area contributed by atoms with Crippen molar-refractivity contribution < 1.29 is 0 Å². The highest BCUT2D eigenvalue weighted by Crippen LogP contribution is 2.27. The average Bonchev–Trinajstić information content (AvgIpc) is 2.75. The first-order chi connectivity index (χ1) is 8.11. The van der Waals surface area contributed by atoms with Crippen LogP contribution in [-0.2, 0) is 7.05 Å². The van der Waals surface area contributed by atoms with E-state index in [0.29, 0.717) is 5.82 Å². The fraction of sp³-hybridized carbons (Fsp3) is 0.167. The zero-order valence-corrected chi connectivity index (χ0v) is 10.7. The molecule has 0 aromatic carbocycles. The second kappa shape index (κ2) is 4.63. The molecule has 88 valence electrons. The maximum Gasteiger partial charge on any atom is 0.143 e. The Bertz CT molecular complexity index is 559. The predicted octanol–water partition coefficient (Wildman–Crippen LogP) is 2.77. The molecule has 5 heteroatoms. The molecule has 1 N–H and O–H groups in total. The molecule has 0 aliphatic rings. The molecule has 0 aliphatic heterocycles. The lowest BCUT2D eigenvalue weighted by molar-refractivity contribution is 0.768. The number of allylic oxidation sites excluding steroid dienone is 1. The van der Waals surface area contributed by atoms with E-state index in [1.165, 1.54) is 0 Å². The number of thiol groups is 1. The van der Waals surface area contributed by atoms with E-state index in [1.54, 1.807) is 10.9 Å². The standard InChI is InChI=1S/C12H14N4S/c1-8(2)11-4-9(5-13-12(11)15-17)10-6-14-16(3)7-10/h4-7,17H,1H2,2-3H3,(H,13,15). The highest BCUT2D eigenvalue weighted by molar-refractivity contribution is 7.81. The molecule has 0 unspecified atom stereocenters. The van der Waals surface area contributed by atoms with Crippen LogP contribution in [0.1, 0.15) is 12.5 Å². The monoisotopic (exact) mass is 246 g/mol. The zero-order chi connectivity index (χ0) is 12.4. The van der Waals surface area contributed by atoms with Gasteiger partial charge in [0.05, 0.1) is 6.20 Å². The average molecular weight is 246 g/mol. The van der Waals surface area contributed by atoms with Gasteiger partial charge in [0.1, 0.15) is 5.82 Å². The molecule has 0 fully saturated rings. The predicted molar refractivity (Wildman–Crippen MR) is 73.8 cm³/mol. The lowest BCUT2D eigenvalue weighted by Gasteiger charge is -2.08. The van der Waals surface area contributed by atoms with E-state index in [4.69, 9.17) is 0 Å². The normalized spacial score (nSPS) is 10.3. The number of anilines is 1. The van der Waals surface area contributed by atoms with Crippen molar-refractivity contribution in [3.63, 3.8) is 0 Å². The molecular formula is C12H14N4S. The van der Waals surface area contributed by atoms with E-state index in [9.17, 15) is 0 Å². The molecule has 2 aromatic heterocycles. The number of nitrogens with one attached hydrogen (secondary N) is 1. The topological polar surface area (TPSA) is 42.7 Å². The number of hydrogen-bond acceptors (Lipinski definition) is 4. The van der Waals surface area contributed by atoms with E-state index in [1.807, 2.05) is 32.4 Å². The summed E-state index contributed by atoms with van der Waals surface area (Å²) in [5.74, 6) is 0.716. The first-order valence-corrected chi connectivity index (χ1v) is 5.61. The van der Waals surface area contributed by atoms with Crippen molar-refractivity contribution >= 4 is 24.2 Å². The molecule has 0 saturated heterocycles. The zero-order valence-electron chi connectivity index (χ0n) is 9.81. The number of rotatable bonds is 3. The van der Waals surface area contributed by atoms with Crippen molar-refractivity contribution in [1.29, 1.82) is 0 Å². The van der Waals surface area contributed by atoms with Crippen LogP contribution in [0.5, 0.6) is 0 Å². The molecule has 0 spiro atoms. The van der Waals surface area contributed by atoms with Crippen LogP contribution >= 0.6 is 12.8 Å². The van der Waals surface area contributed by atoms with Crippen molar-refractivity contribution in [2.45, 2.75) is 6.92 Å². The minimum atomic E-state index is 0.716. The van der Waals surface area contributed by atoms with Gasteiger partial charge in [-0.05, 0) is 18.6 Å². The van der Waals surface area contributed by atoms with Crippen LogP contribution in [0.15, 0.2) is 31.2 Å². The fourth-order valence-corrected chi connectivity index (χ4v) is 1.79. The second-order valence-corrected chi connectivity index (χ2v) is 4.14. The third-order valence-electron chi connectivity index (χ3n) is 2.49. The Morgan fingerprint density at radius 1 is 1.41 bits per heavy atom. The Labute approximate surface area is 106 Å². The molecule has 0 aliphatic carbocycles. The highest BCUT2D eigenvalue weighted by atomic mass is 32.1. The molecular weight excluding hydrogens is 232 g/mol. The van der Waals surface area contributed by atoms with E-state index in [2.05, 4.69) is 34.2 Å². The Morgan fingerprint density at radius 2 is 2.18 bits per heavy atom. The Balaban J connectivity index is 2.50. The highest BCUT2D eigenvalue weighted by Gasteiger charge is 2.07. The van der Waals surface area contributed by atoms with Gasteiger partial charge < -0.3 is 4.72 Å². The van der Waals surface area contributed by atoms with Gasteiger partial charge in [-0.3, -0.25) is 4.68 Å². The summed E-state index contributed by atoms with van der Waals surface area (Å²) in [4.78, 5) is 4.32. The van der Waals surface area contributed by atoms with Crippen molar-refractivity contribution in [3.05, 3.63) is 36.8 Å². The quantitative estimate of drug-likeness (QED) is 0.818. The smallest absolute Gasteiger partial charge is 0.143 e. The molecule has 2 aromatic rings. The minimum absolute atomic E-state index is 0.716. The van der Waals surface area contributed by atoms with Gasteiger partial charge in [0.15, 0.2) is 0 Å². The molecule has 0 amide bonds. The maximum atomic E-state index is 4.32. The summed E-state index contributed by atoms with van der Waals surface area (Å²) in [5, 5.41) is 4.15. The van der Waals surface area contributed by atoms with E-state index < -0.39 is 0 Å². The van der Waals surface area contributed by atoms with Crippen molar-refractivity contribution in [2.24, 2.45) is 7.05 Å². The summed E-state index contributed by atoms with van der Waals surface area (Å²) in [5.41, 5.74) is 3.96. The fourth-order valence-electron chi connectivity index (χ4n) is 1.61. The van der Waals surface area contributed by atoms with Crippen LogP contribution in [0.25, 0.3) is 16.7 Å². The molecule has 0 radical (unpaired) electrons. The second-order valence-electron chi connectivity index (χ2n) is 3.91. The molecule has 17 heavy (non-hydrogen) atoms. The number of hydrogen-bond donors (Lipinski definition) is 2. The number of aromatic nitrogens is 3. The van der Waals surface area contributed by atoms with Gasteiger partial charge in [0.2, 0.25) is 0 Å². The van der Waals surface area contributed by atoms with E-state index in [-0.39, 0.29) is 0 Å². The Kier molecular flexibility index (Phi) is 3.19. The summed E-state index contributed by atoms with van der Waals surface area (Å²) in [7, 11) is 1.89. The Hall–Kier alpha value is -1.75. The van der Waals surface area contributed by atoms with Gasteiger partial charge in [0.25, 0.3) is 0 Å². The largest absolute Gasteiger partial charge is 0.316 e. The third-order valence-corrected chi connectivity index (χ3v) is 2.70. The SMILES string of the molecule is C=C(C)c1cc(-c2cnn(C)c2)cnc1NS. The van der Waals surface area contributed by atoms with E-state index >= 15 is 0 Å². The molecule has 2 heterocycles. The van der Waals surface area contributed by atoms with E-state index in [0.717, 1.165) is 22.3 Å². The van der Waals surface area contributed by atoms with Crippen LogP contribution in [0, 0.1) is 0 Å². The number of aryl methyl sites for hydroxylation is 1. The van der Waals surface area contributed by atoms with Crippen LogP contribution in [-0.4, -0.2) is 14.8 Å². The summed E-state index contributed by atoms with van der Waals surface area (Å²) >= 11 is 4.03. The van der Waals surface area contributed by atoms with Crippen LogP contribution in [0.3, 0.4) is 0 Å². The van der Waals surface area contributed by atoms with Crippen molar-refractivity contribution in [2.75, 3.05) is 4.72 Å². The number of nitrogens with zero attached hydrogens (tertiary/aromatic N) is 3. The van der Waals surface area contributed by atoms with Gasteiger partial charge in [-0.15, -0.1) is 0 Å². The lowest BCUT2D eigenvalue weighted by Crippen LogP contribution is -1.93. The molecule has 2 rings (SSSR count). The van der Waals surface area contributed by atoms with Gasteiger partial charge in [-0.25, -0.2) is 4.98 Å². The first-order valence-electron chi connectivity index (χ1n) is 5.17. The molecule has 4 nitrogen and oxygen atoms in total. The Morgan fingerprint density at radius 3 is 2.71 bits per heavy atom. The van der Waals surface area contributed by atoms with Gasteiger partial charge in [-0.1, -0.05) is 19.4 Å². The van der Waals surface area contributed by atoms with Gasteiger partial charge in [-0.2, -0.15) is 5.10 Å². The van der Waals surface area contributed by atoms with Crippen LogP contribution in [0.2, 0.25) is 0 Å². The summed E-state index contributed by atoms with van der Waals surface area (Å²) in [6.07, 6.45) is 5.56. The maximum absolute atomic E-state index is 4.32. The van der Waals surface area contributed by atoms with Gasteiger partial charge in [0, 0.05) is 36.1 Å². The molecule has 0 atom stereocenters. The lowest BCUT2D eigenvalue weighted by atomic mass is 10.1. The number of pyridine rings is 1. The summed E-state index contributed by atoms with van der Waals surface area (Å²) < 4.78 is 4.53. The summed E-state index contributed by atoms with van der Waals surface area (Å²) in [6, 6.07) is 2.03. The minimum Gasteiger partial charge on any atom is -0.316 e. The van der Waals surface area contributed by atoms with Crippen molar-refractivity contribution in [3.8, 4) is 11.1 Å².